The van der Waals surface area contributed by atoms with E-state index >= 15 is 0 Å². The summed E-state index contributed by atoms with van der Waals surface area (Å²) in [5.41, 5.74) is 1.16. The van der Waals surface area contributed by atoms with Crippen LogP contribution in [-0.2, 0) is 6.54 Å². The average Bonchev–Trinajstić information content (AvgIpc) is 2.40. The van der Waals surface area contributed by atoms with Crippen molar-refractivity contribution in [1.29, 1.82) is 0 Å². The molecule has 0 spiro atoms. The molecule has 0 aromatic heterocycles. The van der Waals surface area contributed by atoms with Crippen molar-refractivity contribution in [3.8, 4) is 18.1 Å². The highest BCUT2D eigenvalue weighted by Crippen LogP contribution is 2.17. The molecule has 0 saturated carbocycles. The highest BCUT2D eigenvalue weighted by molar-refractivity contribution is 5.27. The summed E-state index contributed by atoms with van der Waals surface area (Å²) in [5.74, 6) is 3.87. The van der Waals surface area contributed by atoms with Crippen LogP contribution in [0.1, 0.15) is 19.4 Å². The van der Waals surface area contributed by atoms with Crippen molar-refractivity contribution < 1.29 is 9.84 Å². The Labute approximate surface area is 116 Å². The van der Waals surface area contributed by atoms with Crippen LogP contribution in [0.15, 0.2) is 24.3 Å². The first-order chi connectivity index (χ1) is 9.12. The number of ether oxygens (including phenoxy) is 1. The largest absolute Gasteiger partial charge is 0.497 e. The molecule has 3 heteroatoms. The third kappa shape index (κ3) is 4.59. The quantitative estimate of drug-likeness (QED) is 0.763. The highest BCUT2D eigenvalue weighted by atomic mass is 16.5. The van der Waals surface area contributed by atoms with Gasteiger partial charge in [-0.2, -0.15) is 0 Å². The minimum Gasteiger partial charge on any atom is -0.497 e. The predicted molar refractivity (Wildman–Crippen MR) is 77.9 cm³/mol. The van der Waals surface area contributed by atoms with E-state index in [1.54, 1.807) is 7.11 Å². The van der Waals surface area contributed by atoms with Crippen LogP contribution in [0.2, 0.25) is 0 Å². The molecular weight excluding hydrogens is 238 g/mol. The number of aliphatic hydroxyl groups excluding tert-OH is 1. The molecule has 0 radical (unpaired) electrons. The van der Waals surface area contributed by atoms with E-state index in [-0.39, 0.29) is 12.6 Å². The maximum Gasteiger partial charge on any atom is 0.118 e. The van der Waals surface area contributed by atoms with E-state index in [1.807, 2.05) is 24.3 Å². The fraction of sp³-hybridized carbons (Fsp3) is 0.500. The molecule has 0 unspecified atom stereocenters. The second-order valence-corrected chi connectivity index (χ2v) is 4.95. The van der Waals surface area contributed by atoms with E-state index in [0.29, 0.717) is 12.5 Å². The minimum absolute atomic E-state index is 0.0816. The molecule has 1 N–H and O–H groups in total. The first kappa shape index (κ1) is 15.6. The van der Waals surface area contributed by atoms with Crippen LogP contribution in [0.4, 0.5) is 0 Å². The van der Waals surface area contributed by atoms with Crippen LogP contribution in [0.3, 0.4) is 0 Å². The molecule has 1 aromatic rings. The van der Waals surface area contributed by atoms with Crippen LogP contribution in [-0.4, -0.2) is 36.3 Å². The molecular formula is C16H23NO2. The van der Waals surface area contributed by atoms with Crippen LogP contribution >= 0.6 is 0 Å². The maximum absolute atomic E-state index is 9.52. The van der Waals surface area contributed by atoms with Crippen molar-refractivity contribution in [2.24, 2.45) is 5.92 Å². The molecule has 0 saturated heterocycles. The molecule has 0 heterocycles. The Kier molecular flexibility index (Phi) is 6.41. The number of hydrogen-bond donors (Lipinski definition) is 1. The van der Waals surface area contributed by atoms with Gasteiger partial charge in [0.2, 0.25) is 0 Å². The maximum atomic E-state index is 9.52. The summed E-state index contributed by atoms with van der Waals surface area (Å²) in [6, 6.07) is 8.01. The van der Waals surface area contributed by atoms with E-state index in [1.165, 1.54) is 0 Å². The summed E-state index contributed by atoms with van der Waals surface area (Å²) >= 11 is 0. The molecule has 104 valence electrons. The van der Waals surface area contributed by atoms with Gasteiger partial charge in [0, 0.05) is 12.6 Å². The first-order valence-electron chi connectivity index (χ1n) is 6.53. The fourth-order valence-electron chi connectivity index (χ4n) is 2.12. The molecule has 0 amide bonds. The topological polar surface area (TPSA) is 32.7 Å². The summed E-state index contributed by atoms with van der Waals surface area (Å²) in [7, 11) is 1.65. The van der Waals surface area contributed by atoms with Gasteiger partial charge in [0.25, 0.3) is 0 Å². The van der Waals surface area contributed by atoms with E-state index in [9.17, 15) is 5.11 Å². The number of methoxy groups -OCH3 is 1. The second kappa shape index (κ2) is 7.83. The van der Waals surface area contributed by atoms with Gasteiger partial charge < -0.3 is 9.84 Å². The van der Waals surface area contributed by atoms with E-state index in [0.717, 1.165) is 17.9 Å². The zero-order valence-corrected chi connectivity index (χ0v) is 12.0. The smallest absolute Gasteiger partial charge is 0.118 e. The average molecular weight is 261 g/mol. The molecule has 1 rings (SSSR count). The number of terminal acetylenes is 1. The van der Waals surface area contributed by atoms with Crippen LogP contribution in [0, 0.1) is 18.3 Å². The number of nitrogens with zero attached hydrogens (tertiary/aromatic N) is 1. The normalized spacial score (nSPS) is 12.5. The molecule has 0 fully saturated rings. The lowest BCUT2D eigenvalue weighted by atomic mass is 10.0. The summed E-state index contributed by atoms with van der Waals surface area (Å²) < 4.78 is 5.14. The molecule has 1 aromatic carbocycles. The van der Waals surface area contributed by atoms with Gasteiger partial charge in [0.1, 0.15) is 5.75 Å². The van der Waals surface area contributed by atoms with E-state index in [4.69, 9.17) is 11.2 Å². The van der Waals surface area contributed by atoms with Crippen molar-refractivity contribution in [3.05, 3.63) is 29.8 Å². The summed E-state index contributed by atoms with van der Waals surface area (Å²) in [5, 5.41) is 9.52. The fourth-order valence-corrected chi connectivity index (χ4v) is 2.12. The molecule has 0 bridgehead atoms. The lowest BCUT2D eigenvalue weighted by Gasteiger charge is -2.31. The number of rotatable bonds is 7. The third-order valence-corrected chi connectivity index (χ3v) is 3.26. The molecule has 1 atom stereocenters. The van der Waals surface area contributed by atoms with Gasteiger partial charge in [-0.3, -0.25) is 4.90 Å². The van der Waals surface area contributed by atoms with Crippen molar-refractivity contribution >= 4 is 0 Å². The van der Waals surface area contributed by atoms with Gasteiger partial charge in [0.05, 0.1) is 20.3 Å². The first-order valence-corrected chi connectivity index (χ1v) is 6.53. The van der Waals surface area contributed by atoms with Crippen molar-refractivity contribution in [3.63, 3.8) is 0 Å². The van der Waals surface area contributed by atoms with Crippen molar-refractivity contribution in [2.45, 2.75) is 26.4 Å². The number of hydrogen-bond acceptors (Lipinski definition) is 3. The Morgan fingerprint density at radius 1 is 1.32 bits per heavy atom. The predicted octanol–water partition coefficient (Wildman–Crippen LogP) is 2.15. The Hall–Kier alpha value is -1.50. The Morgan fingerprint density at radius 2 is 1.95 bits per heavy atom. The molecule has 19 heavy (non-hydrogen) atoms. The molecule has 0 aliphatic heterocycles. The van der Waals surface area contributed by atoms with E-state index < -0.39 is 0 Å². The van der Waals surface area contributed by atoms with Gasteiger partial charge in [0.15, 0.2) is 0 Å². The van der Waals surface area contributed by atoms with Crippen LogP contribution < -0.4 is 4.74 Å². The highest BCUT2D eigenvalue weighted by Gasteiger charge is 2.20. The Balaban J connectivity index is 2.79. The number of benzene rings is 1. The summed E-state index contributed by atoms with van der Waals surface area (Å²) in [6.07, 6.45) is 5.43. The number of aliphatic hydroxyl groups is 1. The van der Waals surface area contributed by atoms with Gasteiger partial charge in [-0.05, 0) is 23.6 Å². The van der Waals surface area contributed by atoms with Crippen LogP contribution in [0.25, 0.3) is 0 Å². The Bertz CT molecular complexity index is 406. The monoisotopic (exact) mass is 261 g/mol. The zero-order valence-electron chi connectivity index (χ0n) is 12.0. The van der Waals surface area contributed by atoms with Gasteiger partial charge in [-0.1, -0.05) is 31.9 Å². The molecule has 3 nitrogen and oxygen atoms in total. The van der Waals surface area contributed by atoms with Crippen LogP contribution in [0.5, 0.6) is 5.75 Å². The lowest BCUT2D eigenvalue weighted by Crippen LogP contribution is -2.41. The summed E-state index contributed by atoms with van der Waals surface area (Å²) in [6.45, 7) is 5.58. The van der Waals surface area contributed by atoms with Crippen molar-refractivity contribution in [1.82, 2.24) is 4.90 Å². The summed E-state index contributed by atoms with van der Waals surface area (Å²) in [4.78, 5) is 2.13. The zero-order chi connectivity index (χ0) is 14.3. The second-order valence-electron chi connectivity index (χ2n) is 4.95. The van der Waals surface area contributed by atoms with Gasteiger partial charge in [-0.25, -0.2) is 0 Å². The standard InChI is InChI=1S/C16H23NO2/c1-5-10-17(16(12-18)13(2)3)11-14-6-8-15(19-4)9-7-14/h1,6-9,13,16,18H,10-12H2,2-4H3/t16-/m1/s1. The van der Waals surface area contributed by atoms with Gasteiger partial charge in [-0.15, -0.1) is 6.42 Å². The van der Waals surface area contributed by atoms with Crippen molar-refractivity contribution in [2.75, 3.05) is 20.3 Å². The molecule has 0 aliphatic rings. The Morgan fingerprint density at radius 3 is 2.37 bits per heavy atom. The van der Waals surface area contributed by atoms with E-state index in [2.05, 4.69) is 24.7 Å². The minimum atomic E-state index is 0.0816. The SMILES string of the molecule is C#CCN(Cc1ccc(OC)cc1)[C@H](CO)C(C)C. The van der Waals surface area contributed by atoms with Gasteiger partial charge >= 0.3 is 0 Å². The third-order valence-electron chi connectivity index (χ3n) is 3.26. The molecule has 0 aliphatic carbocycles. The lowest BCUT2D eigenvalue weighted by molar-refractivity contribution is 0.0966.